The van der Waals surface area contributed by atoms with Crippen molar-refractivity contribution in [1.82, 2.24) is 4.90 Å². The second kappa shape index (κ2) is 7.97. The topological polar surface area (TPSA) is 38.8 Å². The Kier molecular flexibility index (Phi) is 5.78. The molecular formula is C22H24F3NO3. The van der Waals surface area contributed by atoms with Crippen molar-refractivity contribution in [2.45, 2.75) is 45.1 Å². The molecule has 1 aliphatic rings. The van der Waals surface area contributed by atoms with Crippen LogP contribution in [0.1, 0.15) is 43.4 Å². The van der Waals surface area contributed by atoms with Crippen LogP contribution in [-0.2, 0) is 17.5 Å². The third-order valence-corrected chi connectivity index (χ3v) is 4.55. The van der Waals surface area contributed by atoms with Gasteiger partial charge in [0.15, 0.2) is 0 Å². The van der Waals surface area contributed by atoms with Crippen molar-refractivity contribution in [3.05, 3.63) is 65.2 Å². The van der Waals surface area contributed by atoms with E-state index in [1.165, 1.54) is 11.0 Å². The minimum atomic E-state index is -4.53. The molecule has 3 rings (SSSR count). The third kappa shape index (κ3) is 5.43. The third-order valence-electron chi connectivity index (χ3n) is 4.55. The van der Waals surface area contributed by atoms with Gasteiger partial charge in [-0.15, -0.1) is 0 Å². The molecule has 4 nitrogen and oxygen atoms in total. The molecule has 29 heavy (non-hydrogen) atoms. The summed E-state index contributed by atoms with van der Waals surface area (Å²) in [5.74, 6) is -0.361. The number of amides is 1. The summed E-state index contributed by atoms with van der Waals surface area (Å²) < 4.78 is 51.4. The number of halogens is 3. The molecular weight excluding hydrogens is 383 g/mol. The van der Waals surface area contributed by atoms with Gasteiger partial charge in [0.1, 0.15) is 18.0 Å². The molecule has 0 unspecified atom stereocenters. The summed E-state index contributed by atoms with van der Waals surface area (Å²) in [4.78, 5) is 13.5. The fraction of sp³-hybridized carbons (Fsp3) is 0.409. The number of likely N-dealkylation sites (tertiary alicyclic amines) is 1. The normalized spacial score (nSPS) is 15.0. The van der Waals surface area contributed by atoms with Gasteiger partial charge in [-0.2, -0.15) is 13.2 Å². The first-order valence-electron chi connectivity index (χ1n) is 9.39. The maximum absolute atomic E-state index is 13.6. The first-order chi connectivity index (χ1) is 13.5. The Bertz CT molecular complexity index is 854. The van der Waals surface area contributed by atoms with Crippen LogP contribution >= 0.6 is 0 Å². The Hall–Kier alpha value is -2.70. The van der Waals surface area contributed by atoms with Gasteiger partial charge < -0.3 is 14.4 Å². The quantitative estimate of drug-likeness (QED) is 0.660. The number of hydrogen-bond acceptors (Lipinski definition) is 3. The molecule has 1 saturated heterocycles. The second-order valence-corrected chi connectivity index (χ2v) is 8.11. The monoisotopic (exact) mass is 407 g/mol. The van der Waals surface area contributed by atoms with E-state index in [4.69, 9.17) is 9.47 Å². The van der Waals surface area contributed by atoms with Gasteiger partial charge in [-0.3, -0.25) is 0 Å². The van der Waals surface area contributed by atoms with Crippen molar-refractivity contribution >= 4 is 6.09 Å². The SMILES string of the molecule is CC(C)(C)OC(=O)N1CC(c2ccc(OCc3ccccc3)c(C(F)(F)F)c2)C1. The molecule has 0 aliphatic carbocycles. The van der Waals surface area contributed by atoms with Gasteiger partial charge >= 0.3 is 12.3 Å². The maximum atomic E-state index is 13.6. The highest BCUT2D eigenvalue weighted by molar-refractivity contribution is 5.69. The first-order valence-corrected chi connectivity index (χ1v) is 9.39. The van der Waals surface area contributed by atoms with Crippen LogP contribution in [0.4, 0.5) is 18.0 Å². The average molecular weight is 407 g/mol. The number of nitrogens with zero attached hydrogens (tertiary/aromatic N) is 1. The Morgan fingerprint density at radius 3 is 2.31 bits per heavy atom. The van der Waals surface area contributed by atoms with Crippen LogP contribution in [0.3, 0.4) is 0 Å². The predicted molar refractivity (Wildman–Crippen MR) is 103 cm³/mol. The summed E-state index contributed by atoms with van der Waals surface area (Å²) in [5.41, 5.74) is -0.0915. The lowest BCUT2D eigenvalue weighted by molar-refractivity contribution is -0.139. The van der Waals surface area contributed by atoms with Gasteiger partial charge in [0.2, 0.25) is 0 Å². The zero-order valence-corrected chi connectivity index (χ0v) is 16.6. The van der Waals surface area contributed by atoms with Crippen LogP contribution in [0.5, 0.6) is 5.75 Å². The highest BCUT2D eigenvalue weighted by Gasteiger charge is 2.38. The molecule has 2 aromatic rings. The molecule has 0 spiro atoms. The van der Waals surface area contributed by atoms with E-state index < -0.39 is 23.4 Å². The van der Waals surface area contributed by atoms with E-state index >= 15 is 0 Å². The summed E-state index contributed by atoms with van der Waals surface area (Å²) in [6.07, 6.45) is -4.98. The fourth-order valence-corrected chi connectivity index (χ4v) is 3.05. The van der Waals surface area contributed by atoms with Crippen LogP contribution in [0.15, 0.2) is 48.5 Å². The number of rotatable bonds is 4. The van der Waals surface area contributed by atoms with Crippen molar-refractivity contribution in [2.24, 2.45) is 0 Å². The Balaban J connectivity index is 1.69. The minimum absolute atomic E-state index is 0.0547. The minimum Gasteiger partial charge on any atom is -0.488 e. The molecule has 7 heteroatoms. The molecule has 0 aromatic heterocycles. The number of ether oxygens (including phenoxy) is 2. The fourth-order valence-electron chi connectivity index (χ4n) is 3.05. The Morgan fingerprint density at radius 1 is 1.07 bits per heavy atom. The number of carbonyl (C=O) groups is 1. The van der Waals surface area contributed by atoms with Crippen molar-refractivity contribution in [2.75, 3.05) is 13.1 Å². The molecule has 0 bridgehead atoms. The van der Waals surface area contributed by atoms with E-state index in [2.05, 4.69) is 0 Å². The molecule has 0 N–H and O–H groups in total. The molecule has 1 aliphatic heterocycles. The van der Waals surface area contributed by atoms with Crippen molar-refractivity contribution < 1.29 is 27.4 Å². The van der Waals surface area contributed by atoms with Crippen LogP contribution in [0.2, 0.25) is 0 Å². The lowest BCUT2D eigenvalue weighted by atomic mass is 9.90. The van der Waals surface area contributed by atoms with Crippen LogP contribution < -0.4 is 4.74 Å². The predicted octanol–water partition coefficient (Wildman–Crippen LogP) is 5.62. The number of alkyl halides is 3. The lowest BCUT2D eigenvalue weighted by Gasteiger charge is -2.40. The summed E-state index contributed by atoms with van der Waals surface area (Å²) in [7, 11) is 0. The van der Waals surface area contributed by atoms with Gasteiger partial charge in [0, 0.05) is 19.0 Å². The van der Waals surface area contributed by atoms with Crippen molar-refractivity contribution in [3.8, 4) is 5.75 Å². The summed E-state index contributed by atoms with van der Waals surface area (Å²) in [6.45, 7) is 6.02. The van der Waals surface area contributed by atoms with Gasteiger partial charge in [-0.05, 0) is 44.0 Å². The number of hydrogen-bond donors (Lipinski definition) is 0. The van der Waals surface area contributed by atoms with E-state index in [9.17, 15) is 18.0 Å². The zero-order chi connectivity index (χ0) is 21.2. The Morgan fingerprint density at radius 2 is 1.72 bits per heavy atom. The van der Waals surface area contributed by atoms with E-state index in [0.717, 1.165) is 11.6 Å². The molecule has 0 saturated carbocycles. The van der Waals surface area contributed by atoms with Gasteiger partial charge in [-0.1, -0.05) is 36.4 Å². The number of carbonyl (C=O) groups excluding carboxylic acids is 1. The van der Waals surface area contributed by atoms with E-state index in [0.29, 0.717) is 18.7 Å². The van der Waals surface area contributed by atoms with E-state index in [1.807, 2.05) is 6.07 Å². The first kappa shape index (κ1) is 21.0. The smallest absolute Gasteiger partial charge is 0.419 e. The molecule has 0 atom stereocenters. The standard InChI is InChI=1S/C22H24F3NO3/c1-21(2,3)29-20(27)26-12-17(13-26)16-9-10-19(18(11-16)22(23,24)25)28-14-15-7-5-4-6-8-15/h4-11,17H,12-14H2,1-3H3. The Labute approximate surface area is 168 Å². The van der Waals surface area contributed by atoms with E-state index in [-0.39, 0.29) is 18.3 Å². The summed E-state index contributed by atoms with van der Waals surface area (Å²) in [5, 5.41) is 0. The maximum Gasteiger partial charge on any atom is 0.419 e. The van der Waals surface area contributed by atoms with Gasteiger partial charge in [0.05, 0.1) is 5.56 Å². The molecule has 1 heterocycles. The lowest BCUT2D eigenvalue weighted by Crippen LogP contribution is -2.50. The van der Waals surface area contributed by atoms with Crippen LogP contribution in [-0.4, -0.2) is 29.7 Å². The zero-order valence-electron chi connectivity index (χ0n) is 16.6. The highest BCUT2D eigenvalue weighted by Crippen LogP contribution is 2.40. The second-order valence-electron chi connectivity index (χ2n) is 8.11. The highest BCUT2D eigenvalue weighted by atomic mass is 19.4. The van der Waals surface area contributed by atoms with E-state index in [1.54, 1.807) is 51.1 Å². The van der Waals surface area contributed by atoms with Crippen molar-refractivity contribution in [1.29, 1.82) is 0 Å². The largest absolute Gasteiger partial charge is 0.488 e. The van der Waals surface area contributed by atoms with Crippen molar-refractivity contribution in [3.63, 3.8) is 0 Å². The summed E-state index contributed by atoms with van der Waals surface area (Å²) in [6, 6.07) is 13.1. The van der Waals surface area contributed by atoms with Gasteiger partial charge in [-0.25, -0.2) is 4.79 Å². The molecule has 1 amide bonds. The van der Waals surface area contributed by atoms with Crippen LogP contribution in [0.25, 0.3) is 0 Å². The van der Waals surface area contributed by atoms with Crippen LogP contribution in [0, 0.1) is 0 Å². The average Bonchev–Trinajstić information content (AvgIpc) is 2.57. The van der Waals surface area contributed by atoms with Gasteiger partial charge in [0.25, 0.3) is 0 Å². The molecule has 2 aromatic carbocycles. The number of benzene rings is 2. The summed E-state index contributed by atoms with van der Waals surface area (Å²) >= 11 is 0. The molecule has 156 valence electrons. The molecule has 0 radical (unpaired) electrons. The molecule has 1 fully saturated rings.